The Labute approximate surface area is 190 Å². The van der Waals surface area contributed by atoms with Gasteiger partial charge in [0.15, 0.2) is 0 Å². The molecule has 6 nitrogen and oxygen atoms in total. The fourth-order valence-electron chi connectivity index (χ4n) is 2.73. The van der Waals surface area contributed by atoms with Crippen LogP contribution in [0.2, 0.25) is 0 Å². The van der Waals surface area contributed by atoms with Crippen LogP contribution in [0.25, 0.3) is 0 Å². The maximum Gasteiger partial charge on any atom is 0.234 e. The van der Waals surface area contributed by atoms with Crippen molar-refractivity contribution in [3.05, 3.63) is 90.0 Å². The topological polar surface area (TPSA) is 80.3 Å². The van der Waals surface area contributed by atoms with Crippen LogP contribution in [0.4, 0.5) is 10.1 Å². The number of nitrogens with one attached hydrogen (secondary N) is 2. The second-order valence-corrected chi connectivity index (χ2v) is 8.31. The molecule has 1 atom stereocenters. The molecular formula is C24H24FN3O3S. The number of carbonyl (C=O) groups excluding carboxylic acids is 2. The lowest BCUT2D eigenvalue weighted by molar-refractivity contribution is -0.120. The Morgan fingerprint density at radius 3 is 2.66 bits per heavy atom. The molecule has 0 aliphatic rings. The van der Waals surface area contributed by atoms with Gasteiger partial charge >= 0.3 is 0 Å². The first-order chi connectivity index (χ1) is 15.5. The first-order valence-corrected chi connectivity index (χ1v) is 11.1. The van der Waals surface area contributed by atoms with Gasteiger partial charge in [0.2, 0.25) is 11.8 Å². The lowest BCUT2D eigenvalue weighted by atomic mass is 10.2. The van der Waals surface area contributed by atoms with Gasteiger partial charge < -0.3 is 15.4 Å². The van der Waals surface area contributed by atoms with Crippen molar-refractivity contribution in [1.82, 2.24) is 10.3 Å². The molecule has 0 radical (unpaired) electrons. The minimum atomic E-state index is -0.405. The molecule has 0 fully saturated rings. The molecule has 3 rings (SSSR count). The number of thioether (sulfide) groups is 1. The number of hydrogen-bond acceptors (Lipinski definition) is 5. The summed E-state index contributed by atoms with van der Waals surface area (Å²) in [5.41, 5.74) is 2.25. The highest BCUT2D eigenvalue weighted by molar-refractivity contribution is 8.01. The Bertz CT molecular complexity index is 1030. The van der Waals surface area contributed by atoms with Crippen molar-refractivity contribution < 1.29 is 18.7 Å². The number of anilines is 1. The number of hydrogen-bond donors (Lipinski definition) is 2. The lowest BCUT2D eigenvalue weighted by Crippen LogP contribution is -2.31. The van der Waals surface area contributed by atoms with Gasteiger partial charge in [0, 0.05) is 18.4 Å². The van der Waals surface area contributed by atoms with Gasteiger partial charge in [-0.05, 0) is 61.0 Å². The van der Waals surface area contributed by atoms with Crippen LogP contribution in [0, 0.1) is 5.82 Å². The molecule has 3 aromatic rings. The fourth-order valence-corrected chi connectivity index (χ4v) is 3.43. The molecule has 0 saturated heterocycles. The molecule has 0 spiro atoms. The zero-order chi connectivity index (χ0) is 22.8. The number of nitrogens with zero attached hydrogens (tertiary/aromatic N) is 1. The van der Waals surface area contributed by atoms with Crippen molar-refractivity contribution in [2.24, 2.45) is 0 Å². The second-order valence-electron chi connectivity index (χ2n) is 6.98. The first kappa shape index (κ1) is 23.3. The third-order valence-corrected chi connectivity index (χ3v) is 5.58. The van der Waals surface area contributed by atoms with Gasteiger partial charge in [-0.3, -0.25) is 14.6 Å². The average molecular weight is 454 g/mol. The van der Waals surface area contributed by atoms with Gasteiger partial charge in [-0.15, -0.1) is 11.8 Å². The van der Waals surface area contributed by atoms with Crippen LogP contribution in [-0.4, -0.2) is 27.8 Å². The SMILES string of the molecule is CC(SCC(=O)Nc1ccc(F)cc1)C(=O)NCc1cccc(OCc2ccccn2)c1. The molecule has 1 aromatic heterocycles. The van der Waals surface area contributed by atoms with Gasteiger partial charge in [-0.1, -0.05) is 18.2 Å². The summed E-state index contributed by atoms with van der Waals surface area (Å²) < 4.78 is 18.7. The van der Waals surface area contributed by atoms with Crippen LogP contribution in [0.15, 0.2) is 72.9 Å². The summed E-state index contributed by atoms with van der Waals surface area (Å²) in [7, 11) is 0. The molecule has 32 heavy (non-hydrogen) atoms. The maximum absolute atomic E-state index is 12.9. The number of ether oxygens (including phenoxy) is 1. The number of aromatic nitrogens is 1. The van der Waals surface area contributed by atoms with Crippen molar-refractivity contribution >= 4 is 29.3 Å². The van der Waals surface area contributed by atoms with E-state index in [1.165, 1.54) is 36.0 Å². The highest BCUT2D eigenvalue weighted by Crippen LogP contribution is 2.16. The van der Waals surface area contributed by atoms with E-state index in [1.807, 2.05) is 42.5 Å². The average Bonchev–Trinajstić information content (AvgIpc) is 2.82. The largest absolute Gasteiger partial charge is 0.487 e. The molecule has 0 aliphatic carbocycles. The summed E-state index contributed by atoms with van der Waals surface area (Å²) in [6.45, 7) is 2.47. The predicted molar refractivity (Wildman–Crippen MR) is 124 cm³/mol. The second kappa shape index (κ2) is 11.9. The van der Waals surface area contributed by atoms with E-state index in [2.05, 4.69) is 15.6 Å². The van der Waals surface area contributed by atoms with Gasteiger partial charge in [0.1, 0.15) is 18.2 Å². The summed E-state index contributed by atoms with van der Waals surface area (Å²) in [5.74, 6) is 0.0293. The standard InChI is InChI=1S/C24H24FN3O3S/c1-17(32-16-23(29)28-20-10-8-19(25)9-11-20)24(30)27-14-18-5-4-7-22(13-18)31-15-21-6-2-3-12-26-21/h2-13,17H,14-16H2,1H3,(H,27,30)(H,28,29). The summed E-state index contributed by atoms with van der Waals surface area (Å²) in [6.07, 6.45) is 1.72. The number of carbonyl (C=O) groups is 2. The molecule has 2 amide bonds. The number of halogens is 1. The van der Waals surface area contributed by atoms with Crippen LogP contribution in [0.1, 0.15) is 18.2 Å². The zero-order valence-electron chi connectivity index (χ0n) is 17.6. The van der Waals surface area contributed by atoms with Gasteiger partial charge in [-0.2, -0.15) is 0 Å². The Balaban J connectivity index is 1.40. The summed E-state index contributed by atoms with van der Waals surface area (Å²) in [4.78, 5) is 28.6. The minimum absolute atomic E-state index is 0.114. The van der Waals surface area contributed by atoms with Gasteiger partial charge in [0.25, 0.3) is 0 Å². The number of rotatable bonds is 10. The summed E-state index contributed by atoms with van der Waals surface area (Å²) in [6, 6.07) is 18.7. The van der Waals surface area contributed by atoms with Crippen molar-refractivity contribution in [1.29, 1.82) is 0 Å². The van der Waals surface area contributed by atoms with Crippen molar-refractivity contribution in [2.45, 2.75) is 25.3 Å². The maximum atomic E-state index is 12.9. The van der Waals surface area contributed by atoms with E-state index < -0.39 is 5.25 Å². The number of amides is 2. The third-order valence-electron chi connectivity index (χ3n) is 4.44. The molecular weight excluding hydrogens is 429 g/mol. The zero-order valence-corrected chi connectivity index (χ0v) is 18.4. The Kier molecular flexibility index (Phi) is 8.62. The molecule has 0 bridgehead atoms. The first-order valence-electron chi connectivity index (χ1n) is 10.1. The van der Waals surface area contributed by atoms with Crippen LogP contribution >= 0.6 is 11.8 Å². The third kappa shape index (κ3) is 7.70. The monoisotopic (exact) mass is 453 g/mol. The van der Waals surface area contributed by atoms with Crippen LogP contribution < -0.4 is 15.4 Å². The highest BCUT2D eigenvalue weighted by atomic mass is 32.2. The molecule has 2 N–H and O–H groups in total. The highest BCUT2D eigenvalue weighted by Gasteiger charge is 2.15. The Morgan fingerprint density at radius 1 is 1.09 bits per heavy atom. The minimum Gasteiger partial charge on any atom is -0.487 e. The quantitative estimate of drug-likeness (QED) is 0.482. The smallest absolute Gasteiger partial charge is 0.234 e. The van der Waals surface area contributed by atoms with E-state index in [-0.39, 0.29) is 23.4 Å². The number of pyridine rings is 1. The normalized spacial score (nSPS) is 11.4. The molecule has 166 valence electrons. The van der Waals surface area contributed by atoms with E-state index in [0.717, 1.165) is 11.3 Å². The van der Waals surface area contributed by atoms with E-state index in [4.69, 9.17) is 4.74 Å². The molecule has 0 saturated carbocycles. The van der Waals surface area contributed by atoms with E-state index >= 15 is 0 Å². The molecule has 1 heterocycles. The molecule has 2 aromatic carbocycles. The van der Waals surface area contributed by atoms with Gasteiger partial charge in [-0.25, -0.2) is 4.39 Å². The summed E-state index contributed by atoms with van der Waals surface area (Å²) in [5, 5.41) is 5.15. The van der Waals surface area contributed by atoms with Crippen LogP contribution in [0.5, 0.6) is 5.75 Å². The lowest BCUT2D eigenvalue weighted by Gasteiger charge is -2.13. The molecule has 0 aliphatic heterocycles. The van der Waals surface area contributed by atoms with E-state index in [0.29, 0.717) is 24.6 Å². The molecule has 1 unspecified atom stereocenters. The van der Waals surface area contributed by atoms with E-state index in [1.54, 1.807) is 13.1 Å². The van der Waals surface area contributed by atoms with Crippen molar-refractivity contribution in [2.75, 3.05) is 11.1 Å². The van der Waals surface area contributed by atoms with Crippen molar-refractivity contribution in [3.8, 4) is 5.75 Å². The van der Waals surface area contributed by atoms with Gasteiger partial charge in [0.05, 0.1) is 16.7 Å². The van der Waals surface area contributed by atoms with Crippen LogP contribution in [-0.2, 0) is 22.7 Å². The fraction of sp³-hybridized carbons (Fsp3) is 0.208. The Morgan fingerprint density at radius 2 is 1.91 bits per heavy atom. The molecule has 8 heteroatoms. The number of benzene rings is 2. The Hall–Kier alpha value is -3.39. The van der Waals surface area contributed by atoms with E-state index in [9.17, 15) is 14.0 Å². The van der Waals surface area contributed by atoms with Crippen LogP contribution in [0.3, 0.4) is 0 Å². The summed E-state index contributed by atoms with van der Waals surface area (Å²) >= 11 is 1.23. The van der Waals surface area contributed by atoms with Crippen molar-refractivity contribution in [3.63, 3.8) is 0 Å². The predicted octanol–water partition coefficient (Wildman–Crippen LogP) is 4.18.